The predicted molar refractivity (Wildman–Crippen MR) is 168 cm³/mol. The molecule has 0 radical (unpaired) electrons. The summed E-state index contributed by atoms with van der Waals surface area (Å²) < 4.78 is 11.1. The minimum atomic E-state index is -0.540. The van der Waals surface area contributed by atoms with Gasteiger partial charge in [-0.2, -0.15) is 0 Å². The van der Waals surface area contributed by atoms with Crippen molar-refractivity contribution in [2.24, 2.45) is 0 Å². The molecule has 1 N–H and O–H groups in total. The quantitative estimate of drug-likeness (QED) is 0.0551. The molecule has 0 spiro atoms. The van der Waals surface area contributed by atoms with Gasteiger partial charge >= 0.3 is 5.97 Å². The summed E-state index contributed by atoms with van der Waals surface area (Å²) in [6.45, 7) is 5.24. The van der Waals surface area contributed by atoms with Gasteiger partial charge in [-0.3, -0.25) is 4.79 Å². The van der Waals surface area contributed by atoms with E-state index >= 15 is 0 Å². The number of hydrogen-bond donors (Lipinski definition) is 1. The first-order valence-corrected chi connectivity index (χ1v) is 16.6. The number of rotatable bonds is 30. The normalized spacial score (nSPS) is 12.8. The molecule has 0 heterocycles. The topological polar surface area (TPSA) is 55.8 Å². The molecule has 4 nitrogen and oxygen atoms in total. The van der Waals surface area contributed by atoms with Crippen molar-refractivity contribution in [2.75, 3.05) is 19.8 Å². The SMILES string of the molecule is CCCC/C=C\C/C=C\CCCCCCCCOCC(CO)OC(=O)CCCCCCC/C=C\CCCCC. The first-order chi connectivity index (χ1) is 19.2. The zero-order valence-electron chi connectivity index (χ0n) is 25.9. The van der Waals surface area contributed by atoms with Gasteiger partial charge in [-0.1, -0.05) is 121 Å². The summed E-state index contributed by atoms with van der Waals surface area (Å²) in [6.07, 6.45) is 38.8. The van der Waals surface area contributed by atoms with Gasteiger partial charge in [0.2, 0.25) is 0 Å². The van der Waals surface area contributed by atoms with Gasteiger partial charge in [-0.05, 0) is 64.2 Å². The first kappa shape index (κ1) is 37.6. The summed E-state index contributed by atoms with van der Waals surface area (Å²) in [5.41, 5.74) is 0. The molecule has 4 heteroatoms. The number of esters is 1. The van der Waals surface area contributed by atoms with Crippen LogP contribution in [-0.4, -0.2) is 37.0 Å². The van der Waals surface area contributed by atoms with Crippen LogP contribution in [0.25, 0.3) is 0 Å². The maximum Gasteiger partial charge on any atom is 0.306 e. The van der Waals surface area contributed by atoms with Gasteiger partial charge in [0.05, 0.1) is 13.2 Å². The van der Waals surface area contributed by atoms with E-state index in [9.17, 15) is 9.90 Å². The number of ether oxygens (including phenoxy) is 2. The Hall–Kier alpha value is -1.39. The number of aliphatic hydroxyl groups is 1. The summed E-state index contributed by atoms with van der Waals surface area (Å²) in [6, 6.07) is 0. The highest BCUT2D eigenvalue weighted by atomic mass is 16.6. The van der Waals surface area contributed by atoms with E-state index in [1.165, 1.54) is 96.3 Å². The fraction of sp³-hybridized carbons (Fsp3) is 0.800. The molecule has 0 saturated carbocycles. The number of carbonyl (C=O) groups is 1. The second-order valence-corrected chi connectivity index (χ2v) is 10.9. The summed E-state index contributed by atoms with van der Waals surface area (Å²) in [4.78, 5) is 12.1. The van der Waals surface area contributed by atoms with Crippen molar-refractivity contribution < 1.29 is 19.4 Å². The Labute approximate surface area is 242 Å². The van der Waals surface area contributed by atoms with E-state index in [4.69, 9.17) is 9.47 Å². The third-order valence-electron chi connectivity index (χ3n) is 6.94. The van der Waals surface area contributed by atoms with Crippen molar-refractivity contribution in [3.8, 4) is 0 Å². The number of hydrogen-bond acceptors (Lipinski definition) is 4. The number of unbranched alkanes of at least 4 members (excludes halogenated alkanes) is 16. The molecule has 39 heavy (non-hydrogen) atoms. The van der Waals surface area contributed by atoms with Gasteiger partial charge in [0, 0.05) is 13.0 Å². The van der Waals surface area contributed by atoms with Crippen molar-refractivity contribution in [3.05, 3.63) is 36.5 Å². The van der Waals surface area contributed by atoms with Gasteiger partial charge in [0.1, 0.15) is 6.10 Å². The predicted octanol–water partition coefficient (Wildman–Crippen LogP) is 10.2. The Balaban J connectivity index is 3.49. The molecule has 0 aliphatic heterocycles. The van der Waals surface area contributed by atoms with E-state index in [0.717, 1.165) is 38.5 Å². The van der Waals surface area contributed by atoms with E-state index in [0.29, 0.717) is 13.0 Å². The smallest absolute Gasteiger partial charge is 0.306 e. The van der Waals surface area contributed by atoms with Crippen molar-refractivity contribution in [2.45, 2.75) is 161 Å². The van der Waals surface area contributed by atoms with Crippen LogP contribution in [0, 0.1) is 0 Å². The Morgan fingerprint density at radius 3 is 1.69 bits per heavy atom. The van der Waals surface area contributed by atoms with E-state index in [1.807, 2.05) is 0 Å². The number of allylic oxidation sites excluding steroid dienone is 6. The number of aliphatic hydroxyl groups excluding tert-OH is 1. The van der Waals surface area contributed by atoms with E-state index < -0.39 is 6.10 Å². The second-order valence-electron chi connectivity index (χ2n) is 10.9. The molecule has 0 saturated heterocycles. The molecule has 0 aromatic rings. The second kappa shape index (κ2) is 32.8. The van der Waals surface area contributed by atoms with Gasteiger partial charge < -0.3 is 14.6 Å². The molecule has 228 valence electrons. The van der Waals surface area contributed by atoms with E-state index in [-0.39, 0.29) is 19.2 Å². The maximum absolute atomic E-state index is 12.1. The van der Waals surface area contributed by atoms with Crippen LogP contribution in [0.2, 0.25) is 0 Å². The highest BCUT2D eigenvalue weighted by molar-refractivity contribution is 5.69. The Morgan fingerprint density at radius 2 is 1.10 bits per heavy atom. The fourth-order valence-electron chi connectivity index (χ4n) is 4.40. The van der Waals surface area contributed by atoms with Crippen molar-refractivity contribution in [1.82, 2.24) is 0 Å². The lowest BCUT2D eigenvalue weighted by Crippen LogP contribution is -2.27. The standard InChI is InChI=1S/C35H64O4/c1-3-5-7-9-11-13-15-17-18-19-21-23-25-27-29-31-38-33-34(32-36)39-35(37)30-28-26-24-22-20-16-14-12-10-8-6-4-2/h9,11-12,14-15,17,34,36H,3-8,10,13,16,18-33H2,1-2H3/b11-9-,14-12-,17-15-. The van der Waals surface area contributed by atoms with Crippen LogP contribution < -0.4 is 0 Å². The monoisotopic (exact) mass is 548 g/mol. The molecule has 0 aliphatic rings. The van der Waals surface area contributed by atoms with Crippen LogP contribution in [0.5, 0.6) is 0 Å². The highest BCUT2D eigenvalue weighted by Gasteiger charge is 2.13. The highest BCUT2D eigenvalue weighted by Crippen LogP contribution is 2.11. The summed E-state index contributed by atoms with van der Waals surface area (Å²) in [7, 11) is 0. The van der Waals surface area contributed by atoms with Crippen LogP contribution in [0.15, 0.2) is 36.5 Å². The fourth-order valence-corrected chi connectivity index (χ4v) is 4.40. The van der Waals surface area contributed by atoms with E-state index in [2.05, 4.69) is 50.3 Å². The largest absolute Gasteiger partial charge is 0.457 e. The minimum absolute atomic E-state index is 0.179. The summed E-state index contributed by atoms with van der Waals surface area (Å²) in [5.74, 6) is -0.217. The molecule has 1 atom stereocenters. The zero-order valence-corrected chi connectivity index (χ0v) is 25.9. The molecule has 1 unspecified atom stereocenters. The Bertz CT molecular complexity index is 581. The van der Waals surface area contributed by atoms with Gasteiger partial charge in [-0.15, -0.1) is 0 Å². The van der Waals surface area contributed by atoms with Crippen LogP contribution in [0.4, 0.5) is 0 Å². The van der Waals surface area contributed by atoms with Crippen molar-refractivity contribution in [3.63, 3.8) is 0 Å². The summed E-state index contributed by atoms with van der Waals surface area (Å²) in [5, 5.41) is 9.51. The van der Waals surface area contributed by atoms with Crippen LogP contribution in [-0.2, 0) is 14.3 Å². The molecule has 0 amide bonds. The first-order valence-electron chi connectivity index (χ1n) is 16.6. The van der Waals surface area contributed by atoms with Gasteiger partial charge in [-0.25, -0.2) is 0 Å². The zero-order chi connectivity index (χ0) is 28.5. The third-order valence-corrected chi connectivity index (χ3v) is 6.94. The molecule has 0 rings (SSSR count). The minimum Gasteiger partial charge on any atom is -0.457 e. The molecular formula is C35H64O4. The maximum atomic E-state index is 12.1. The Morgan fingerprint density at radius 1 is 0.615 bits per heavy atom. The van der Waals surface area contributed by atoms with Crippen LogP contribution >= 0.6 is 0 Å². The lowest BCUT2D eigenvalue weighted by Gasteiger charge is -2.15. The Kier molecular flexibility index (Phi) is 31.7. The van der Waals surface area contributed by atoms with Crippen molar-refractivity contribution in [1.29, 1.82) is 0 Å². The van der Waals surface area contributed by atoms with Crippen molar-refractivity contribution >= 4 is 5.97 Å². The lowest BCUT2D eigenvalue weighted by atomic mass is 10.1. The molecular weight excluding hydrogens is 484 g/mol. The average Bonchev–Trinajstić information content (AvgIpc) is 2.94. The molecule has 0 bridgehead atoms. The van der Waals surface area contributed by atoms with Gasteiger partial charge in [0.15, 0.2) is 0 Å². The third kappa shape index (κ3) is 31.0. The van der Waals surface area contributed by atoms with Crippen LogP contribution in [0.1, 0.15) is 155 Å². The average molecular weight is 549 g/mol. The van der Waals surface area contributed by atoms with Crippen LogP contribution in [0.3, 0.4) is 0 Å². The summed E-state index contributed by atoms with van der Waals surface area (Å²) >= 11 is 0. The molecule has 0 aliphatic carbocycles. The molecule has 0 aromatic carbocycles. The number of carbonyl (C=O) groups excluding carboxylic acids is 1. The van der Waals surface area contributed by atoms with Gasteiger partial charge in [0.25, 0.3) is 0 Å². The lowest BCUT2D eigenvalue weighted by molar-refractivity contribution is -0.154. The van der Waals surface area contributed by atoms with E-state index in [1.54, 1.807) is 0 Å². The molecule has 0 fully saturated rings. The molecule has 0 aromatic heterocycles.